The van der Waals surface area contributed by atoms with E-state index in [4.69, 9.17) is 5.73 Å². The van der Waals surface area contributed by atoms with Crippen molar-refractivity contribution in [3.63, 3.8) is 0 Å². The molecule has 10 heteroatoms. The van der Waals surface area contributed by atoms with E-state index < -0.39 is 0 Å². The Balaban J connectivity index is 2.02. The van der Waals surface area contributed by atoms with Crippen molar-refractivity contribution in [3.8, 4) is 0 Å². The zero-order valence-corrected chi connectivity index (χ0v) is 12.2. The van der Waals surface area contributed by atoms with Crippen molar-refractivity contribution in [2.75, 3.05) is 11.1 Å². The first-order valence-corrected chi connectivity index (χ1v) is 6.63. The summed E-state index contributed by atoms with van der Waals surface area (Å²) in [6, 6.07) is 3.45. The van der Waals surface area contributed by atoms with E-state index >= 15 is 0 Å². The Bertz CT molecular complexity index is 864. The smallest absolute Gasteiger partial charge is 0.242 e. The summed E-state index contributed by atoms with van der Waals surface area (Å²) in [5.41, 5.74) is 8.60. The van der Waals surface area contributed by atoms with Gasteiger partial charge in [-0.3, -0.25) is 4.79 Å². The zero-order valence-electron chi connectivity index (χ0n) is 12.2. The van der Waals surface area contributed by atoms with Gasteiger partial charge in [-0.1, -0.05) is 0 Å². The van der Waals surface area contributed by atoms with Crippen LogP contribution in [0.3, 0.4) is 0 Å². The summed E-state index contributed by atoms with van der Waals surface area (Å²) in [7, 11) is 3.52. The molecule has 0 saturated heterocycles. The van der Waals surface area contributed by atoms with E-state index in [9.17, 15) is 4.79 Å². The largest absolute Gasteiger partial charge is 0.402 e. The number of pyridine rings is 1. The van der Waals surface area contributed by atoms with E-state index in [1.807, 2.05) is 13.9 Å². The fraction of sp³-hybridized carbons (Fsp3) is 0. The molecule has 1 amide bonds. The van der Waals surface area contributed by atoms with Gasteiger partial charge < -0.3 is 16.3 Å². The highest BCUT2D eigenvalue weighted by atomic mass is 16.1. The lowest BCUT2D eigenvalue weighted by Crippen LogP contribution is -2.21. The molecule has 0 spiro atoms. The second-order valence-corrected chi connectivity index (χ2v) is 4.79. The van der Waals surface area contributed by atoms with Crippen LogP contribution >= 0.6 is 0 Å². The number of carbonyl (C=O) groups excluding carboxylic acids is 1. The number of aromatic nitrogens is 4. The molecular formula is C12H13B2N7O. The molecule has 0 aliphatic rings. The van der Waals surface area contributed by atoms with Crippen molar-refractivity contribution in [3.05, 3.63) is 36.4 Å². The van der Waals surface area contributed by atoms with E-state index in [1.54, 1.807) is 31.1 Å². The normalized spacial score (nSPS) is 10.5. The van der Waals surface area contributed by atoms with Crippen molar-refractivity contribution in [2.24, 2.45) is 0 Å². The molecule has 3 aromatic rings. The average molecular weight is 293 g/mol. The molecule has 0 aliphatic heterocycles. The average Bonchev–Trinajstić information content (AvgIpc) is 2.88. The summed E-state index contributed by atoms with van der Waals surface area (Å²) in [4.78, 5) is 20.1. The number of nitrogens with one attached hydrogen (secondary N) is 2. The molecule has 108 valence electrons. The molecule has 8 nitrogen and oxygen atoms in total. The van der Waals surface area contributed by atoms with Crippen LogP contribution < -0.4 is 21.7 Å². The number of rotatable bonds is 3. The number of nitrogens with zero attached hydrogens (tertiary/aromatic N) is 4. The van der Waals surface area contributed by atoms with Crippen LogP contribution in [0.1, 0.15) is 10.4 Å². The molecule has 22 heavy (non-hydrogen) atoms. The van der Waals surface area contributed by atoms with E-state index in [2.05, 4.69) is 25.6 Å². The molecule has 3 aromatic heterocycles. The van der Waals surface area contributed by atoms with Crippen LogP contribution in [-0.2, 0) is 0 Å². The maximum atomic E-state index is 11.9. The van der Waals surface area contributed by atoms with Crippen LogP contribution in [0, 0.1) is 0 Å². The third-order valence-corrected chi connectivity index (χ3v) is 3.27. The molecule has 0 bridgehead atoms. The molecule has 3 rings (SSSR count). The summed E-state index contributed by atoms with van der Waals surface area (Å²) < 4.78 is 1.68. The number of anilines is 3. The summed E-state index contributed by atoms with van der Waals surface area (Å²) in [6.07, 6.45) is 4.80. The van der Waals surface area contributed by atoms with E-state index in [1.165, 1.54) is 6.20 Å². The van der Waals surface area contributed by atoms with Crippen LogP contribution in [0.25, 0.3) is 5.52 Å². The molecule has 0 unspecified atom stereocenters. The monoisotopic (exact) mass is 293 g/mol. The first-order valence-electron chi connectivity index (χ1n) is 6.63. The van der Waals surface area contributed by atoms with Crippen LogP contribution in [-0.4, -0.2) is 41.3 Å². The SMILES string of the molecule is BNC(=O)c1cnc(N)cc1Nc1cc2c(B)cnn2cn1. The maximum absolute atomic E-state index is 11.9. The van der Waals surface area contributed by atoms with Gasteiger partial charge in [-0.15, -0.1) is 0 Å². The zero-order chi connectivity index (χ0) is 15.7. The molecule has 4 N–H and O–H groups in total. The molecule has 0 aromatic carbocycles. The highest BCUT2D eigenvalue weighted by Crippen LogP contribution is 2.21. The van der Waals surface area contributed by atoms with Gasteiger partial charge in [0.1, 0.15) is 25.8 Å². The van der Waals surface area contributed by atoms with Crippen LogP contribution in [0.15, 0.2) is 30.9 Å². The van der Waals surface area contributed by atoms with Crippen molar-refractivity contribution in [1.82, 2.24) is 24.8 Å². The van der Waals surface area contributed by atoms with Gasteiger partial charge in [0.05, 0.1) is 16.8 Å². The number of fused-ring (bicyclic) bond motifs is 1. The predicted octanol–water partition coefficient (Wildman–Crippen LogP) is -2.01. The summed E-state index contributed by atoms with van der Waals surface area (Å²) >= 11 is 0. The first kappa shape index (κ1) is 13.9. The minimum atomic E-state index is -0.253. The highest BCUT2D eigenvalue weighted by Gasteiger charge is 2.12. The number of amides is 1. The lowest BCUT2D eigenvalue weighted by atomic mass is 9.99. The third kappa shape index (κ3) is 2.46. The van der Waals surface area contributed by atoms with Gasteiger partial charge in [0.2, 0.25) is 13.9 Å². The van der Waals surface area contributed by atoms with Gasteiger partial charge in [0.15, 0.2) is 0 Å². The lowest BCUT2D eigenvalue weighted by Gasteiger charge is -2.11. The minimum absolute atomic E-state index is 0.253. The minimum Gasteiger partial charge on any atom is -0.402 e. The topological polar surface area (TPSA) is 110 Å². The Morgan fingerprint density at radius 3 is 2.86 bits per heavy atom. The number of nitrogens with two attached hydrogens (primary N) is 1. The van der Waals surface area contributed by atoms with Crippen molar-refractivity contribution in [1.29, 1.82) is 0 Å². The predicted molar refractivity (Wildman–Crippen MR) is 89.1 cm³/mol. The van der Waals surface area contributed by atoms with E-state index in [0.717, 1.165) is 11.0 Å². The number of hydrogen-bond acceptors (Lipinski definition) is 6. The second-order valence-electron chi connectivity index (χ2n) is 4.79. The summed E-state index contributed by atoms with van der Waals surface area (Å²) in [5, 5.41) is 9.84. The first-order chi connectivity index (χ1) is 10.6. The number of hydrogen-bond donors (Lipinski definition) is 3. The van der Waals surface area contributed by atoms with Crippen LogP contribution in [0.2, 0.25) is 0 Å². The second kappa shape index (κ2) is 5.40. The van der Waals surface area contributed by atoms with Gasteiger partial charge in [0, 0.05) is 24.5 Å². The van der Waals surface area contributed by atoms with Crippen molar-refractivity contribution in [2.45, 2.75) is 0 Å². The summed E-state index contributed by atoms with van der Waals surface area (Å²) in [6.45, 7) is 0. The van der Waals surface area contributed by atoms with Gasteiger partial charge in [-0.25, -0.2) is 14.5 Å². The van der Waals surface area contributed by atoms with Gasteiger partial charge in [0.25, 0.3) is 0 Å². The van der Waals surface area contributed by atoms with Crippen LogP contribution in [0.4, 0.5) is 17.3 Å². The standard InChI is InChI=1S/C12H13B2N7O/c13-7-4-18-21-5-17-11(2-9(7)21)19-8-1-10(15)16-3-6(8)12(22)20-14/h1-5H,13-14H2,(H,20,22)(H3,15,16,19). The molecule has 0 aliphatic carbocycles. The van der Waals surface area contributed by atoms with Crippen molar-refractivity contribution >= 4 is 50.0 Å². The molecule has 0 saturated carbocycles. The molecule has 0 radical (unpaired) electrons. The Morgan fingerprint density at radius 1 is 1.27 bits per heavy atom. The van der Waals surface area contributed by atoms with Crippen molar-refractivity contribution < 1.29 is 4.79 Å². The van der Waals surface area contributed by atoms with E-state index in [0.29, 0.717) is 22.9 Å². The summed E-state index contributed by atoms with van der Waals surface area (Å²) in [5.74, 6) is 0.653. The third-order valence-electron chi connectivity index (χ3n) is 3.27. The fourth-order valence-electron chi connectivity index (χ4n) is 2.11. The molecule has 0 atom stereocenters. The highest BCUT2D eigenvalue weighted by molar-refractivity contribution is 6.36. The van der Waals surface area contributed by atoms with Gasteiger partial charge in [-0.2, -0.15) is 5.10 Å². The van der Waals surface area contributed by atoms with Crippen LogP contribution in [0.5, 0.6) is 0 Å². The Hall–Kier alpha value is -3.03. The molecule has 3 heterocycles. The molecule has 0 fully saturated rings. The maximum Gasteiger partial charge on any atom is 0.242 e. The Kier molecular flexibility index (Phi) is 3.42. The fourth-order valence-corrected chi connectivity index (χ4v) is 2.11. The lowest BCUT2D eigenvalue weighted by molar-refractivity contribution is 0.0982. The quantitative estimate of drug-likeness (QED) is 0.481. The van der Waals surface area contributed by atoms with Gasteiger partial charge in [-0.05, 0) is 5.46 Å². The number of nitrogen functional groups attached to an aromatic ring is 1. The number of carbonyl (C=O) groups is 1. The Labute approximate surface area is 128 Å². The molecular weight excluding hydrogens is 280 g/mol. The van der Waals surface area contributed by atoms with Gasteiger partial charge >= 0.3 is 0 Å². The van der Waals surface area contributed by atoms with E-state index in [-0.39, 0.29) is 5.91 Å². The Morgan fingerprint density at radius 2 is 2.09 bits per heavy atom.